The number of amides is 1. The molecule has 0 atom stereocenters. The van der Waals surface area contributed by atoms with Crippen molar-refractivity contribution in [1.82, 2.24) is 4.98 Å². The van der Waals surface area contributed by atoms with Crippen LogP contribution in [0.25, 0.3) is 0 Å². The normalized spacial score (nSPS) is 11.2. The summed E-state index contributed by atoms with van der Waals surface area (Å²) in [5, 5.41) is 5.24. The topological polar surface area (TPSA) is 63.2 Å². The van der Waals surface area contributed by atoms with E-state index >= 15 is 0 Å². The number of rotatable bonds is 5. The molecule has 3 rings (SSSR count). The van der Waals surface area contributed by atoms with Crippen LogP contribution in [-0.4, -0.2) is 18.0 Å². The van der Waals surface area contributed by atoms with Gasteiger partial charge in [0.15, 0.2) is 11.6 Å². The number of anilines is 3. The fraction of sp³-hybridized carbons (Fsp3) is 0.182. The zero-order valence-corrected chi connectivity index (χ0v) is 17.2. The molecule has 0 spiro atoms. The van der Waals surface area contributed by atoms with Crippen molar-refractivity contribution in [2.75, 3.05) is 17.7 Å². The molecule has 0 fully saturated rings. The highest BCUT2D eigenvalue weighted by atomic mass is 19.4. The molecule has 32 heavy (non-hydrogen) atoms. The first kappa shape index (κ1) is 23.0. The first-order chi connectivity index (χ1) is 15.0. The number of hydrogen-bond acceptors (Lipinski definition) is 4. The van der Waals surface area contributed by atoms with Crippen LogP contribution in [0.3, 0.4) is 0 Å². The van der Waals surface area contributed by atoms with Gasteiger partial charge in [-0.1, -0.05) is 0 Å². The number of carbonyl (C=O) groups excluding carboxylic acids is 1. The maximum atomic E-state index is 13.9. The number of alkyl halides is 3. The molecule has 1 amide bonds. The van der Waals surface area contributed by atoms with Crippen LogP contribution in [0.5, 0.6) is 5.88 Å². The number of aryl methyl sites for hydroxylation is 1. The van der Waals surface area contributed by atoms with Gasteiger partial charge in [0, 0.05) is 17.3 Å². The molecular formula is C22H18F5N3O2. The predicted molar refractivity (Wildman–Crippen MR) is 109 cm³/mol. The molecule has 0 aliphatic heterocycles. The summed E-state index contributed by atoms with van der Waals surface area (Å²) >= 11 is 0. The molecule has 0 aliphatic carbocycles. The highest BCUT2D eigenvalue weighted by molar-refractivity contribution is 6.08. The van der Waals surface area contributed by atoms with E-state index in [-0.39, 0.29) is 28.2 Å². The predicted octanol–water partition coefficient (Wildman–Crippen LogP) is 6.00. The Hall–Kier alpha value is -3.69. The van der Waals surface area contributed by atoms with E-state index in [1.165, 1.54) is 32.2 Å². The number of nitrogens with zero attached hydrogens (tertiary/aromatic N) is 1. The second kappa shape index (κ2) is 8.81. The Morgan fingerprint density at radius 1 is 0.969 bits per heavy atom. The zero-order chi connectivity index (χ0) is 23.6. The van der Waals surface area contributed by atoms with Crippen molar-refractivity contribution in [2.45, 2.75) is 20.0 Å². The molecular weight excluding hydrogens is 433 g/mol. The molecule has 0 aliphatic rings. The Morgan fingerprint density at radius 3 is 2.25 bits per heavy atom. The van der Waals surface area contributed by atoms with Crippen LogP contribution >= 0.6 is 0 Å². The minimum atomic E-state index is -4.69. The van der Waals surface area contributed by atoms with Crippen molar-refractivity contribution < 1.29 is 31.5 Å². The molecule has 0 radical (unpaired) electrons. The monoisotopic (exact) mass is 451 g/mol. The first-order valence-corrected chi connectivity index (χ1v) is 9.27. The number of halogens is 5. The lowest BCUT2D eigenvalue weighted by Gasteiger charge is -2.17. The molecule has 10 heteroatoms. The van der Waals surface area contributed by atoms with Crippen molar-refractivity contribution >= 4 is 23.0 Å². The van der Waals surface area contributed by atoms with Crippen LogP contribution in [-0.2, 0) is 6.18 Å². The second-order valence-corrected chi connectivity index (χ2v) is 6.86. The molecule has 2 N–H and O–H groups in total. The number of carbonyl (C=O) groups is 1. The van der Waals surface area contributed by atoms with Crippen molar-refractivity contribution in [3.05, 3.63) is 76.5 Å². The fourth-order valence-electron chi connectivity index (χ4n) is 2.92. The van der Waals surface area contributed by atoms with E-state index < -0.39 is 29.3 Å². The van der Waals surface area contributed by atoms with Gasteiger partial charge in [0.25, 0.3) is 5.91 Å². The standard InChI is InChI=1S/C22H18F5N3O2/c1-11-16(7-5-15(23)20(11)24)29-18-6-4-13(22(25,26)27)10-14(18)21(31)30-17-8-9-19(32-3)28-12(17)2/h4-10,29H,1-3H3,(H,30,31). The highest BCUT2D eigenvalue weighted by Gasteiger charge is 2.32. The number of nitrogens with one attached hydrogen (secondary N) is 2. The number of benzene rings is 2. The van der Waals surface area contributed by atoms with E-state index in [9.17, 15) is 26.7 Å². The third-order valence-electron chi connectivity index (χ3n) is 4.72. The van der Waals surface area contributed by atoms with Gasteiger partial charge in [0.2, 0.25) is 5.88 Å². The third kappa shape index (κ3) is 4.79. The molecule has 0 saturated heterocycles. The van der Waals surface area contributed by atoms with Crippen LogP contribution in [0.15, 0.2) is 42.5 Å². The second-order valence-electron chi connectivity index (χ2n) is 6.86. The first-order valence-electron chi connectivity index (χ1n) is 9.27. The summed E-state index contributed by atoms with van der Waals surface area (Å²) in [6, 6.07) is 7.61. The molecule has 168 valence electrons. The summed E-state index contributed by atoms with van der Waals surface area (Å²) in [6.07, 6.45) is -4.69. The van der Waals surface area contributed by atoms with Gasteiger partial charge >= 0.3 is 6.18 Å². The Balaban J connectivity index is 2.02. The number of methoxy groups -OCH3 is 1. The van der Waals surface area contributed by atoms with E-state index in [0.29, 0.717) is 17.6 Å². The molecule has 0 saturated carbocycles. The number of ether oxygens (including phenoxy) is 1. The quantitative estimate of drug-likeness (QED) is 0.467. The summed E-state index contributed by atoms with van der Waals surface area (Å²) in [5.41, 5.74) is -0.757. The highest BCUT2D eigenvalue weighted by Crippen LogP contribution is 2.34. The maximum absolute atomic E-state index is 13.9. The van der Waals surface area contributed by atoms with Crippen molar-refractivity contribution in [1.29, 1.82) is 0 Å². The lowest BCUT2D eigenvalue weighted by atomic mass is 10.1. The van der Waals surface area contributed by atoms with Crippen molar-refractivity contribution in [2.24, 2.45) is 0 Å². The molecule has 0 unspecified atom stereocenters. The van der Waals surface area contributed by atoms with E-state index in [2.05, 4.69) is 15.6 Å². The summed E-state index contributed by atoms with van der Waals surface area (Å²) in [6.45, 7) is 2.89. The fourth-order valence-corrected chi connectivity index (χ4v) is 2.92. The maximum Gasteiger partial charge on any atom is 0.416 e. The van der Waals surface area contributed by atoms with Gasteiger partial charge in [-0.2, -0.15) is 13.2 Å². The van der Waals surface area contributed by atoms with Gasteiger partial charge in [-0.05, 0) is 50.2 Å². The largest absolute Gasteiger partial charge is 0.481 e. The summed E-state index contributed by atoms with van der Waals surface area (Å²) in [5.74, 6) is -2.72. The average molecular weight is 451 g/mol. The van der Waals surface area contributed by atoms with Crippen LogP contribution in [0, 0.1) is 25.5 Å². The molecule has 1 aromatic heterocycles. The molecule has 0 bridgehead atoms. The Morgan fingerprint density at radius 2 is 1.62 bits per heavy atom. The summed E-state index contributed by atoms with van der Waals surface area (Å²) in [4.78, 5) is 17.0. The molecule has 1 heterocycles. The van der Waals surface area contributed by atoms with Crippen LogP contribution < -0.4 is 15.4 Å². The van der Waals surface area contributed by atoms with E-state index in [0.717, 1.165) is 18.2 Å². The minimum Gasteiger partial charge on any atom is -0.481 e. The van der Waals surface area contributed by atoms with Crippen LogP contribution in [0.4, 0.5) is 39.0 Å². The molecule has 3 aromatic rings. The molecule has 2 aromatic carbocycles. The zero-order valence-electron chi connectivity index (χ0n) is 17.2. The third-order valence-corrected chi connectivity index (χ3v) is 4.72. The number of pyridine rings is 1. The van der Waals surface area contributed by atoms with Gasteiger partial charge in [0.1, 0.15) is 0 Å². The molecule has 5 nitrogen and oxygen atoms in total. The lowest BCUT2D eigenvalue weighted by Crippen LogP contribution is -2.17. The average Bonchev–Trinajstić information content (AvgIpc) is 2.74. The Labute approximate surface area is 180 Å². The van der Waals surface area contributed by atoms with Gasteiger partial charge in [-0.3, -0.25) is 4.79 Å². The number of aromatic nitrogens is 1. The smallest absolute Gasteiger partial charge is 0.416 e. The lowest BCUT2D eigenvalue weighted by molar-refractivity contribution is -0.137. The Kier molecular flexibility index (Phi) is 6.33. The summed E-state index contributed by atoms with van der Waals surface area (Å²) in [7, 11) is 1.42. The van der Waals surface area contributed by atoms with Gasteiger partial charge < -0.3 is 15.4 Å². The van der Waals surface area contributed by atoms with Gasteiger partial charge in [-0.25, -0.2) is 13.8 Å². The minimum absolute atomic E-state index is 0.0243. The van der Waals surface area contributed by atoms with Crippen LogP contribution in [0.2, 0.25) is 0 Å². The van der Waals surface area contributed by atoms with Crippen molar-refractivity contribution in [3.63, 3.8) is 0 Å². The van der Waals surface area contributed by atoms with E-state index in [1.54, 1.807) is 6.92 Å². The van der Waals surface area contributed by atoms with Gasteiger partial charge in [-0.15, -0.1) is 0 Å². The Bertz CT molecular complexity index is 1180. The van der Waals surface area contributed by atoms with Crippen LogP contribution in [0.1, 0.15) is 27.2 Å². The van der Waals surface area contributed by atoms with E-state index in [4.69, 9.17) is 4.74 Å². The summed E-state index contributed by atoms with van der Waals surface area (Å²) < 4.78 is 72.1. The SMILES string of the molecule is COc1ccc(NC(=O)c2cc(C(F)(F)F)ccc2Nc2ccc(F)c(F)c2C)c(C)n1. The van der Waals surface area contributed by atoms with E-state index in [1.807, 2.05) is 0 Å². The van der Waals surface area contributed by atoms with Crippen molar-refractivity contribution in [3.8, 4) is 5.88 Å². The number of hydrogen-bond donors (Lipinski definition) is 2. The van der Waals surface area contributed by atoms with Gasteiger partial charge in [0.05, 0.1) is 35.3 Å².